The SMILES string of the molecule is CC(NCCCC(N)=NO)C1CCCO1. The molecule has 0 aromatic carbocycles. The van der Waals surface area contributed by atoms with Crippen molar-refractivity contribution in [1.29, 1.82) is 0 Å². The fourth-order valence-electron chi connectivity index (χ4n) is 1.78. The summed E-state index contributed by atoms with van der Waals surface area (Å²) in [5, 5.41) is 14.6. The van der Waals surface area contributed by atoms with E-state index in [1.54, 1.807) is 0 Å². The van der Waals surface area contributed by atoms with E-state index in [-0.39, 0.29) is 0 Å². The van der Waals surface area contributed by atoms with Gasteiger partial charge in [-0.15, -0.1) is 0 Å². The second-order valence-electron chi connectivity index (χ2n) is 3.99. The lowest BCUT2D eigenvalue weighted by atomic mass is 10.1. The molecule has 0 aromatic heterocycles. The average Bonchev–Trinajstić information content (AvgIpc) is 2.77. The number of hydrogen-bond donors (Lipinski definition) is 3. The van der Waals surface area contributed by atoms with Gasteiger partial charge in [0.05, 0.1) is 6.10 Å². The van der Waals surface area contributed by atoms with Gasteiger partial charge in [-0.2, -0.15) is 0 Å². The lowest BCUT2D eigenvalue weighted by Gasteiger charge is -2.19. The number of amidine groups is 1. The Hall–Kier alpha value is -0.810. The maximum atomic E-state index is 8.34. The second kappa shape index (κ2) is 6.63. The molecule has 1 aliphatic rings. The largest absolute Gasteiger partial charge is 0.409 e. The normalized spacial score (nSPS) is 24.3. The van der Waals surface area contributed by atoms with Crippen LogP contribution in [-0.2, 0) is 4.74 Å². The minimum atomic E-state index is 0.293. The zero-order chi connectivity index (χ0) is 11.1. The highest BCUT2D eigenvalue weighted by Gasteiger charge is 2.21. The van der Waals surface area contributed by atoms with E-state index >= 15 is 0 Å². The Morgan fingerprint density at radius 2 is 2.53 bits per heavy atom. The van der Waals surface area contributed by atoms with Crippen LogP contribution in [0.5, 0.6) is 0 Å². The first-order valence-corrected chi connectivity index (χ1v) is 5.55. The van der Waals surface area contributed by atoms with E-state index in [0.29, 0.717) is 24.4 Å². The van der Waals surface area contributed by atoms with Crippen molar-refractivity contribution in [2.75, 3.05) is 13.2 Å². The predicted molar refractivity (Wildman–Crippen MR) is 59.1 cm³/mol. The van der Waals surface area contributed by atoms with Crippen LogP contribution in [0.3, 0.4) is 0 Å². The van der Waals surface area contributed by atoms with Gasteiger partial charge in [-0.1, -0.05) is 5.16 Å². The number of nitrogens with two attached hydrogens (primary N) is 1. The topological polar surface area (TPSA) is 79.9 Å². The Balaban J connectivity index is 2.04. The fraction of sp³-hybridized carbons (Fsp3) is 0.900. The van der Waals surface area contributed by atoms with Crippen LogP contribution in [0.2, 0.25) is 0 Å². The maximum Gasteiger partial charge on any atom is 0.139 e. The fourth-order valence-corrected chi connectivity index (χ4v) is 1.78. The summed E-state index contributed by atoms with van der Waals surface area (Å²) >= 11 is 0. The molecule has 0 spiro atoms. The molecule has 5 heteroatoms. The first-order chi connectivity index (χ1) is 7.24. The van der Waals surface area contributed by atoms with Crippen molar-refractivity contribution >= 4 is 5.84 Å². The molecule has 2 unspecified atom stereocenters. The molecule has 0 aromatic rings. The Morgan fingerprint density at radius 1 is 1.73 bits per heavy atom. The van der Waals surface area contributed by atoms with Crippen molar-refractivity contribution in [3.63, 3.8) is 0 Å². The Labute approximate surface area is 90.7 Å². The van der Waals surface area contributed by atoms with Crippen molar-refractivity contribution in [1.82, 2.24) is 5.32 Å². The average molecular weight is 215 g/mol. The molecular formula is C10H21N3O2. The third kappa shape index (κ3) is 4.48. The summed E-state index contributed by atoms with van der Waals surface area (Å²) in [4.78, 5) is 0. The predicted octanol–water partition coefficient (Wildman–Crippen LogP) is 0.670. The highest BCUT2D eigenvalue weighted by molar-refractivity contribution is 5.79. The molecule has 0 amide bonds. The van der Waals surface area contributed by atoms with Crippen LogP contribution < -0.4 is 11.1 Å². The number of oxime groups is 1. The van der Waals surface area contributed by atoms with E-state index < -0.39 is 0 Å². The molecule has 0 saturated carbocycles. The van der Waals surface area contributed by atoms with Crippen molar-refractivity contribution in [2.24, 2.45) is 10.9 Å². The molecule has 88 valence electrons. The lowest BCUT2D eigenvalue weighted by Crippen LogP contribution is -2.37. The quantitative estimate of drug-likeness (QED) is 0.200. The number of rotatable bonds is 6. The third-order valence-corrected chi connectivity index (χ3v) is 2.73. The van der Waals surface area contributed by atoms with Gasteiger partial charge in [-0.05, 0) is 32.7 Å². The Morgan fingerprint density at radius 3 is 3.13 bits per heavy atom. The van der Waals surface area contributed by atoms with Gasteiger partial charge in [0.25, 0.3) is 0 Å². The van der Waals surface area contributed by atoms with Crippen LogP contribution in [0.25, 0.3) is 0 Å². The smallest absolute Gasteiger partial charge is 0.139 e. The molecule has 0 bridgehead atoms. The standard InChI is InChI=1S/C10H21N3O2/c1-8(9-4-3-7-15-9)12-6-2-5-10(11)13-14/h8-9,12,14H,2-7H2,1H3,(H2,11,13). The third-order valence-electron chi connectivity index (χ3n) is 2.73. The molecule has 1 rings (SSSR count). The molecule has 15 heavy (non-hydrogen) atoms. The van der Waals surface area contributed by atoms with Crippen LogP contribution >= 0.6 is 0 Å². The molecule has 1 saturated heterocycles. The van der Waals surface area contributed by atoms with E-state index in [9.17, 15) is 0 Å². The minimum absolute atomic E-state index is 0.293. The van der Waals surface area contributed by atoms with Gasteiger partial charge < -0.3 is 21.0 Å². The van der Waals surface area contributed by atoms with Crippen LogP contribution in [-0.4, -0.2) is 36.3 Å². The van der Waals surface area contributed by atoms with Gasteiger partial charge in [-0.3, -0.25) is 0 Å². The van der Waals surface area contributed by atoms with Crippen molar-refractivity contribution in [3.05, 3.63) is 0 Å². The van der Waals surface area contributed by atoms with Crippen LogP contribution in [0.1, 0.15) is 32.6 Å². The number of hydrogen-bond acceptors (Lipinski definition) is 4. The van der Waals surface area contributed by atoms with Gasteiger partial charge >= 0.3 is 0 Å². The van der Waals surface area contributed by atoms with Gasteiger partial charge in [0.15, 0.2) is 0 Å². The van der Waals surface area contributed by atoms with E-state index in [4.69, 9.17) is 15.7 Å². The zero-order valence-electron chi connectivity index (χ0n) is 9.28. The Kier molecular flexibility index (Phi) is 5.42. The van der Waals surface area contributed by atoms with E-state index in [1.807, 2.05) is 0 Å². The van der Waals surface area contributed by atoms with Gasteiger partial charge in [-0.25, -0.2) is 0 Å². The van der Waals surface area contributed by atoms with Gasteiger partial charge in [0, 0.05) is 19.1 Å². The first kappa shape index (κ1) is 12.3. The van der Waals surface area contributed by atoms with Crippen molar-refractivity contribution in [3.8, 4) is 0 Å². The molecule has 2 atom stereocenters. The summed E-state index contributed by atoms with van der Waals surface area (Å²) in [7, 11) is 0. The molecule has 5 nitrogen and oxygen atoms in total. The summed E-state index contributed by atoms with van der Waals surface area (Å²) < 4.78 is 5.56. The summed E-state index contributed by atoms with van der Waals surface area (Å²) in [5.41, 5.74) is 5.36. The molecule has 0 radical (unpaired) electrons. The molecule has 1 aliphatic heterocycles. The number of nitrogens with one attached hydrogen (secondary N) is 1. The summed E-state index contributed by atoms with van der Waals surface area (Å²) in [5.74, 6) is 0.293. The molecular weight excluding hydrogens is 194 g/mol. The van der Waals surface area contributed by atoms with Gasteiger partial charge in [0.2, 0.25) is 0 Å². The zero-order valence-corrected chi connectivity index (χ0v) is 9.28. The molecule has 1 heterocycles. The van der Waals surface area contributed by atoms with Gasteiger partial charge in [0.1, 0.15) is 5.84 Å². The van der Waals surface area contributed by atoms with Crippen LogP contribution in [0.15, 0.2) is 5.16 Å². The van der Waals surface area contributed by atoms with Crippen LogP contribution in [0.4, 0.5) is 0 Å². The summed E-state index contributed by atoms with van der Waals surface area (Å²) in [6, 6.07) is 0.389. The highest BCUT2D eigenvalue weighted by Crippen LogP contribution is 2.15. The van der Waals surface area contributed by atoms with Crippen LogP contribution in [0, 0.1) is 0 Å². The molecule has 1 fully saturated rings. The lowest BCUT2D eigenvalue weighted by molar-refractivity contribution is 0.0838. The maximum absolute atomic E-state index is 8.34. The first-order valence-electron chi connectivity index (χ1n) is 5.55. The summed E-state index contributed by atoms with van der Waals surface area (Å²) in [6.07, 6.45) is 4.18. The number of nitrogens with zero attached hydrogens (tertiary/aromatic N) is 1. The van der Waals surface area contributed by atoms with E-state index in [1.165, 1.54) is 6.42 Å². The molecule has 4 N–H and O–H groups in total. The van der Waals surface area contributed by atoms with E-state index in [2.05, 4.69) is 17.4 Å². The summed E-state index contributed by atoms with van der Waals surface area (Å²) in [6.45, 7) is 3.90. The van der Waals surface area contributed by atoms with Crippen molar-refractivity contribution in [2.45, 2.75) is 44.8 Å². The molecule has 0 aliphatic carbocycles. The minimum Gasteiger partial charge on any atom is -0.409 e. The van der Waals surface area contributed by atoms with E-state index in [0.717, 1.165) is 26.0 Å². The van der Waals surface area contributed by atoms with Crippen molar-refractivity contribution < 1.29 is 9.94 Å². The second-order valence-corrected chi connectivity index (χ2v) is 3.99. The number of ether oxygens (including phenoxy) is 1. The highest BCUT2D eigenvalue weighted by atomic mass is 16.5. The Bertz CT molecular complexity index is 203. The monoisotopic (exact) mass is 215 g/mol.